The lowest BCUT2D eigenvalue weighted by Crippen LogP contribution is -2.25. The summed E-state index contributed by atoms with van der Waals surface area (Å²) in [6, 6.07) is 7.62. The molecule has 0 radical (unpaired) electrons. The molecular formula is C17H24O2. The van der Waals surface area contributed by atoms with Crippen molar-refractivity contribution in [2.24, 2.45) is 11.3 Å². The van der Waals surface area contributed by atoms with Crippen molar-refractivity contribution in [3.05, 3.63) is 29.8 Å². The van der Waals surface area contributed by atoms with Crippen molar-refractivity contribution in [3.8, 4) is 5.75 Å². The molecule has 1 atom stereocenters. The van der Waals surface area contributed by atoms with Crippen LogP contribution in [0.4, 0.5) is 0 Å². The topological polar surface area (TPSA) is 26.3 Å². The third kappa shape index (κ3) is 3.17. The molecule has 2 heteroatoms. The van der Waals surface area contributed by atoms with E-state index in [9.17, 15) is 4.79 Å². The minimum absolute atomic E-state index is 0.147. The van der Waals surface area contributed by atoms with Crippen LogP contribution in [0.1, 0.15) is 56.8 Å². The van der Waals surface area contributed by atoms with Gasteiger partial charge in [-0.1, -0.05) is 27.2 Å². The highest BCUT2D eigenvalue weighted by molar-refractivity contribution is 5.98. The molecule has 0 bridgehead atoms. The Morgan fingerprint density at radius 2 is 2.00 bits per heavy atom. The summed E-state index contributed by atoms with van der Waals surface area (Å²) in [6.07, 6.45) is 4.35. The van der Waals surface area contributed by atoms with Gasteiger partial charge in [-0.15, -0.1) is 0 Å². The number of Topliss-reactive ketones (excluding diaryl/α,β-unsaturated/α-hetero) is 1. The number of benzene rings is 1. The highest BCUT2D eigenvalue weighted by Gasteiger charge is 2.39. The molecule has 1 aromatic carbocycles. The monoisotopic (exact) mass is 260 g/mol. The molecular weight excluding hydrogens is 236 g/mol. The molecule has 0 aliphatic heterocycles. The summed E-state index contributed by atoms with van der Waals surface area (Å²) in [5, 5.41) is 0. The van der Waals surface area contributed by atoms with Gasteiger partial charge < -0.3 is 4.74 Å². The standard InChI is InChI=1S/C17H24O2/c1-4-12-19-14-9-7-13(8-10-14)16(18)15-6-5-11-17(15,2)3/h7-10,15H,4-6,11-12H2,1-3H3. The first-order chi connectivity index (χ1) is 9.04. The molecule has 1 aromatic rings. The molecule has 0 amide bonds. The molecule has 0 N–H and O–H groups in total. The van der Waals surface area contributed by atoms with Crippen LogP contribution in [0.2, 0.25) is 0 Å². The van der Waals surface area contributed by atoms with Gasteiger partial charge in [0.1, 0.15) is 5.75 Å². The van der Waals surface area contributed by atoms with Gasteiger partial charge in [0.25, 0.3) is 0 Å². The molecule has 1 saturated carbocycles. The second-order valence-electron chi connectivity index (χ2n) is 6.17. The maximum Gasteiger partial charge on any atom is 0.166 e. The summed E-state index contributed by atoms with van der Waals surface area (Å²) in [5.41, 5.74) is 0.970. The first kappa shape index (κ1) is 14.1. The van der Waals surface area contributed by atoms with E-state index in [0.29, 0.717) is 5.78 Å². The van der Waals surface area contributed by atoms with E-state index >= 15 is 0 Å². The van der Waals surface area contributed by atoms with Crippen molar-refractivity contribution in [2.45, 2.75) is 46.5 Å². The normalized spacial score (nSPS) is 21.3. The molecule has 19 heavy (non-hydrogen) atoms. The summed E-state index contributed by atoms with van der Waals surface area (Å²) >= 11 is 0. The van der Waals surface area contributed by atoms with Crippen LogP contribution in [0, 0.1) is 11.3 Å². The molecule has 1 fully saturated rings. The van der Waals surface area contributed by atoms with E-state index in [0.717, 1.165) is 37.2 Å². The van der Waals surface area contributed by atoms with Gasteiger partial charge >= 0.3 is 0 Å². The Morgan fingerprint density at radius 1 is 1.32 bits per heavy atom. The maximum absolute atomic E-state index is 12.5. The van der Waals surface area contributed by atoms with Crippen LogP contribution in [-0.4, -0.2) is 12.4 Å². The van der Waals surface area contributed by atoms with Gasteiger partial charge in [-0.3, -0.25) is 4.79 Å². The highest BCUT2D eigenvalue weighted by atomic mass is 16.5. The molecule has 2 nitrogen and oxygen atoms in total. The van der Waals surface area contributed by atoms with Gasteiger partial charge in [0.05, 0.1) is 6.61 Å². The van der Waals surface area contributed by atoms with Gasteiger partial charge in [0.2, 0.25) is 0 Å². The number of hydrogen-bond acceptors (Lipinski definition) is 2. The Bertz CT molecular complexity index is 431. The zero-order valence-electron chi connectivity index (χ0n) is 12.2. The molecule has 1 aliphatic carbocycles. The number of rotatable bonds is 5. The van der Waals surface area contributed by atoms with Gasteiger partial charge in [-0.2, -0.15) is 0 Å². The Morgan fingerprint density at radius 3 is 2.53 bits per heavy atom. The van der Waals surface area contributed by atoms with E-state index in [-0.39, 0.29) is 11.3 Å². The lowest BCUT2D eigenvalue weighted by Gasteiger charge is -2.25. The number of carbonyl (C=O) groups is 1. The quantitative estimate of drug-likeness (QED) is 0.729. The zero-order valence-corrected chi connectivity index (χ0v) is 12.2. The van der Waals surface area contributed by atoms with Crippen LogP contribution >= 0.6 is 0 Å². The Balaban J connectivity index is 2.07. The smallest absolute Gasteiger partial charge is 0.166 e. The molecule has 0 spiro atoms. The first-order valence-corrected chi connectivity index (χ1v) is 7.31. The predicted octanol–water partition coefficient (Wildman–Crippen LogP) is 4.48. The van der Waals surface area contributed by atoms with Crippen LogP contribution in [0.25, 0.3) is 0 Å². The molecule has 0 aromatic heterocycles. The molecule has 0 heterocycles. The fraction of sp³-hybridized carbons (Fsp3) is 0.588. The van der Waals surface area contributed by atoms with Crippen LogP contribution in [0.15, 0.2) is 24.3 Å². The van der Waals surface area contributed by atoms with Crippen molar-refractivity contribution in [1.82, 2.24) is 0 Å². The molecule has 0 saturated heterocycles. The van der Waals surface area contributed by atoms with Crippen molar-refractivity contribution in [2.75, 3.05) is 6.61 Å². The van der Waals surface area contributed by atoms with Crippen LogP contribution in [0.5, 0.6) is 5.75 Å². The molecule has 2 rings (SSSR count). The van der Waals surface area contributed by atoms with Crippen molar-refractivity contribution in [1.29, 1.82) is 0 Å². The lowest BCUT2D eigenvalue weighted by atomic mass is 9.78. The van der Waals surface area contributed by atoms with E-state index in [2.05, 4.69) is 20.8 Å². The Hall–Kier alpha value is -1.31. The fourth-order valence-electron chi connectivity index (χ4n) is 2.95. The summed E-state index contributed by atoms with van der Waals surface area (Å²) in [4.78, 5) is 12.5. The summed E-state index contributed by atoms with van der Waals surface area (Å²) in [6.45, 7) is 7.23. The Kier molecular flexibility index (Phi) is 4.28. The van der Waals surface area contributed by atoms with Crippen molar-refractivity contribution in [3.63, 3.8) is 0 Å². The minimum atomic E-state index is 0.147. The summed E-state index contributed by atoms with van der Waals surface area (Å²) in [7, 11) is 0. The summed E-state index contributed by atoms with van der Waals surface area (Å²) in [5.74, 6) is 1.32. The van der Waals surface area contributed by atoms with Crippen LogP contribution in [-0.2, 0) is 0 Å². The van der Waals surface area contributed by atoms with Gasteiger partial charge in [0.15, 0.2) is 5.78 Å². The molecule has 104 valence electrons. The van der Waals surface area contributed by atoms with Crippen LogP contribution in [0.3, 0.4) is 0 Å². The van der Waals surface area contributed by atoms with Gasteiger partial charge in [-0.05, 0) is 48.9 Å². The van der Waals surface area contributed by atoms with Crippen LogP contribution < -0.4 is 4.74 Å². The average Bonchev–Trinajstić information content (AvgIpc) is 2.76. The molecule has 1 unspecified atom stereocenters. The number of ketones is 1. The number of carbonyl (C=O) groups excluding carboxylic acids is 1. The largest absolute Gasteiger partial charge is 0.494 e. The maximum atomic E-state index is 12.5. The third-order valence-electron chi connectivity index (χ3n) is 4.19. The van der Waals surface area contributed by atoms with E-state index in [1.165, 1.54) is 6.42 Å². The van der Waals surface area contributed by atoms with E-state index in [1.807, 2.05) is 24.3 Å². The van der Waals surface area contributed by atoms with Gasteiger partial charge in [0, 0.05) is 11.5 Å². The van der Waals surface area contributed by atoms with Crippen molar-refractivity contribution < 1.29 is 9.53 Å². The predicted molar refractivity (Wildman–Crippen MR) is 77.7 cm³/mol. The highest BCUT2D eigenvalue weighted by Crippen LogP contribution is 2.44. The molecule has 1 aliphatic rings. The van der Waals surface area contributed by atoms with E-state index in [4.69, 9.17) is 4.74 Å². The number of ether oxygens (including phenoxy) is 1. The number of hydrogen-bond donors (Lipinski definition) is 0. The van der Waals surface area contributed by atoms with E-state index < -0.39 is 0 Å². The second-order valence-corrected chi connectivity index (χ2v) is 6.17. The fourth-order valence-corrected chi connectivity index (χ4v) is 2.95. The summed E-state index contributed by atoms with van der Waals surface area (Å²) < 4.78 is 5.55. The zero-order chi connectivity index (χ0) is 13.9. The second kappa shape index (κ2) is 5.77. The minimum Gasteiger partial charge on any atom is -0.494 e. The first-order valence-electron chi connectivity index (χ1n) is 7.31. The average molecular weight is 260 g/mol. The SMILES string of the molecule is CCCOc1ccc(C(=O)C2CCCC2(C)C)cc1. The van der Waals surface area contributed by atoms with Crippen molar-refractivity contribution >= 4 is 5.78 Å². The Labute approximate surface area is 116 Å². The lowest BCUT2D eigenvalue weighted by molar-refractivity contribution is 0.0839. The van der Waals surface area contributed by atoms with E-state index in [1.54, 1.807) is 0 Å². The third-order valence-corrected chi connectivity index (χ3v) is 4.19. The van der Waals surface area contributed by atoms with Gasteiger partial charge in [-0.25, -0.2) is 0 Å².